The van der Waals surface area contributed by atoms with Crippen molar-refractivity contribution in [3.63, 3.8) is 0 Å². The number of rotatable bonds is 2. The Bertz CT molecular complexity index is 570. The van der Waals surface area contributed by atoms with E-state index in [9.17, 15) is 4.79 Å². The van der Waals surface area contributed by atoms with E-state index in [1.165, 1.54) is 0 Å². The van der Waals surface area contributed by atoms with Crippen LogP contribution in [0.3, 0.4) is 0 Å². The first-order valence-corrected chi connectivity index (χ1v) is 5.80. The third-order valence-corrected chi connectivity index (χ3v) is 3.16. The van der Waals surface area contributed by atoms with E-state index in [0.717, 1.165) is 4.47 Å². The number of hydrogen-bond acceptors (Lipinski definition) is 4. The molecule has 0 aliphatic rings. The van der Waals surface area contributed by atoms with Crippen LogP contribution >= 0.6 is 27.5 Å². The van der Waals surface area contributed by atoms with Crippen molar-refractivity contribution in [2.45, 2.75) is 6.92 Å². The first-order chi connectivity index (χ1) is 8.06. The number of aryl methyl sites for hydroxylation is 1. The maximum atomic E-state index is 11.8. The molecule has 2 rings (SSSR count). The summed E-state index contributed by atoms with van der Waals surface area (Å²) in [5.74, 6) is 0.0946. The topological polar surface area (TPSA) is 68.0 Å². The number of halogens is 2. The molecule has 17 heavy (non-hydrogen) atoms. The Morgan fingerprint density at radius 2 is 2.29 bits per heavy atom. The van der Waals surface area contributed by atoms with Gasteiger partial charge in [0, 0.05) is 10.0 Å². The molecule has 1 N–H and O–H groups in total. The molecule has 0 fully saturated rings. The summed E-state index contributed by atoms with van der Waals surface area (Å²) in [6.45, 7) is 1.66. The molecular formula is C10H7BrClN3O2. The number of nitrogens with one attached hydrogen (secondary N) is 1. The van der Waals surface area contributed by atoms with E-state index in [4.69, 9.17) is 16.1 Å². The quantitative estimate of drug-likeness (QED) is 0.924. The summed E-state index contributed by atoms with van der Waals surface area (Å²) in [5.41, 5.74) is 0.411. The van der Waals surface area contributed by atoms with Crippen LogP contribution in [0.25, 0.3) is 0 Å². The van der Waals surface area contributed by atoms with Crippen LogP contribution in [0.5, 0.6) is 0 Å². The number of hydrogen-bond donors (Lipinski definition) is 1. The number of amides is 1. The third kappa shape index (κ3) is 2.83. The lowest BCUT2D eigenvalue weighted by atomic mass is 10.2. The highest BCUT2D eigenvalue weighted by Gasteiger charge is 2.11. The van der Waals surface area contributed by atoms with Gasteiger partial charge in [-0.1, -0.05) is 16.8 Å². The SMILES string of the molecule is Cc1noc(NC(=O)c2ccc(Br)c(Cl)c2)n1. The summed E-state index contributed by atoms with van der Waals surface area (Å²) in [4.78, 5) is 15.6. The Morgan fingerprint density at radius 1 is 1.53 bits per heavy atom. The third-order valence-electron chi connectivity index (χ3n) is 1.93. The van der Waals surface area contributed by atoms with Gasteiger partial charge in [0.15, 0.2) is 5.82 Å². The van der Waals surface area contributed by atoms with Gasteiger partial charge in [-0.25, -0.2) is 0 Å². The maximum absolute atomic E-state index is 11.8. The van der Waals surface area contributed by atoms with Crippen molar-refractivity contribution < 1.29 is 9.32 Å². The second-order valence-electron chi connectivity index (χ2n) is 3.23. The van der Waals surface area contributed by atoms with Crippen molar-refractivity contribution in [3.8, 4) is 0 Å². The molecule has 1 aromatic heterocycles. The number of carbonyl (C=O) groups is 1. The first-order valence-electron chi connectivity index (χ1n) is 4.63. The first kappa shape index (κ1) is 12.1. The molecule has 2 aromatic rings. The fraction of sp³-hybridized carbons (Fsp3) is 0.100. The molecule has 5 nitrogen and oxygen atoms in total. The molecule has 88 valence electrons. The van der Waals surface area contributed by atoms with Crippen LogP contribution in [-0.4, -0.2) is 16.0 Å². The van der Waals surface area contributed by atoms with Gasteiger partial charge in [-0.15, -0.1) is 0 Å². The molecular weight excluding hydrogens is 309 g/mol. The van der Waals surface area contributed by atoms with Gasteiger partial charge in [0.25, 0.3) is 5.91 Å². The minimum Gasteiger partial charge on any atom is -0.315 e. The monoisotopic (exact) mass is 315 g/mol. The molecule has 1 heterocycles. The van der Waals surface area contributed by atoms with E-state index >= 15 is 0 Å². The van der Waals surface area contributed by atoms with Crippen molar-refractivity contribution in [2.75, 3.05) is 5.32 Å². The zero-order valence-electron chi connectivity index (χ0n) is 8.70. The number of aromatic nitrogens is 2. The highest BCUT2D eigenvalue weighted by molar-refractivity contribution is 9.10. The Hall–Kier alpha value is -1.40. The molecule has 0 spiro atoms. The van der Waals surface area contributed by atoms with Crippen LogP contribution in [0.15, 0.2) is 27.2 Å². The van der Waals surface area contributed by atoms with Crippen molar-refractivity contribution in [1.82, 2.24) is 10.1 Å². The molecule has 0 saturated heterocycles. The Morgan fingerprint density at radius 3 is 2.88 bits per heavy atom. The van der Waals surface area contributed by atoms with Crippen LogP contribution in [0.2, 0.25) is 5.02 Å². The summed E-state index contributed by atoms with van der Waals surface area (Å²) >= 11 is 9.13. The van der Waals surface area contributed by atoms with Crippen molar-refractivity contribution >= 4 is 39.5 Å². The largest absolute Gasteiger partial charge is 0.328 e. The zero-order chi connectivity index (χ0) is 12.4. The standard InChI is InChI=1S/C10H7BrClN3O2/c1-5-13-10(17-15-5)14-9(16)6-2-3-7(11)8(12)4-6/h2-4H,1H3,(H,13,14,15,16). The van der Waals surface area contributed by atoms with Crippen LogP contribution < -0.4 is 5.32 Å². The normalized spacial score (nSPS) is 10.3. The summed E-state index contributed by atoms with van der Waals surface area (Å²) in [5, 5.41) is 6.49. The lowest BCUT2D eigenvalue weighted by molar-refractivity contribution is 0.102. The summed E-state index contributed by atoms with van der Waals surface area (Å²) in [7, 11) is 0. The molecule has 0 unspecified atom stereocenters. The second-order valence-corrected chi connectivity index (χ2v) is 4.49. The van der Waals surface area contributed by atoms with Crippen LogP contribution in [-0.2, 0) is 0 Å². The Kier molecular flexibility index (Phi) is 3.44. The smallest absolute Gasteiger partial charge is 0.315 e. The summed E-state index contributed by atoms with van der Waals surface area (Å²) in [6, 6.07) is 4.93. The number of benzene rings is 1. The molecule has 7 heteroatoms. The van der Waals surface area contributed by atoms with Gasteiger partial charge in [0.2, 0.25) is 0 Å². The van der Waals surface area contributed by atoms with E-state index in [2.05, 4.69) is 31.4 Å². The van der Waals surface area contributed by atoms with E-state index in [1.807, 2.05) is 0 Å². The highest BCUT2D eigenvalue weighted by atomic mass is 79.9. The average Bonchev–Trinajstić information content (AvgIpc) is 2.68. The average molecular weight is 317 g/mol. The Labute approximate surface area is 110 Å². The molecule has 1 aromatic carbocycles. The van der Waals surface area contributed by atoms with Crippen LogP contribution in [0, 0.1) is 6.92 Å². The minimum atomic E-state index is -0.358. The maximum Gasteiger partial charge on any atom is 0.328 e. The molecule has 1 amide bonds. The van der Waals surface area contributed by atoms with Gasteiger partial charge in [-0.05, 0) is 41.1 Å². The second kappa shape index (κ2) is 4.85. The van der Waals surface area contributed by atoms with Crippen molar-refractivity contribution in [1.29, 1.82) is 0 Å². The van der Waals surface area contributed by atoms with E-state index < -0.39 is 0 Å². The predicted molar refractivity (Wildman–Crippen MR) is 66.1 cm³/mol. The number of nitrogens with zero attached hydrogens (tertiary/aromatic N) is 2. The van der Waals surface area contributed by atoms with Gasteiger partial charge in [0.1, 0.15) is 0 Å². The van der Waals surface area contributed by atoms with Gasteiger partial charge < -0.3 is 4.52 Å². The van der Waals surface area contributed by atoms with Crippen molar-refractivity contribution in [3.05, 3.63) is 39.1 Å². The van der Waals surface area contributed by atoms with Crippen molar-refractivity contribution in [2.24, 2.45) is 0 Å². The van der Waals surface area contributed by atoms with Gasteiger partial charge in [-0.3, -0.25) is 10.1 Å². The fourth-order valence-corrected chi connectivity index (χ4v) is 1.58. The molecule has 0 radical (unpaired) electrons. The fourth-order valence-electron chi connectivity index (χ4n) is 1.15. The lowest BCUT2D eigenvalue weighted by Gasteiger charge is -2.01. The van der Waals surface area contributed by atoms with Crippen LogP contribution in [0.1, 0.15) is 16.2 Å². The zero-order valence-corrected chi connectivity index (χ0v) is 11.0. The van der Waals surface area contributed by atoms with Crippen LogP contribution in [0.4, 0.5) is 6.01 Å². The van der Waals surface area contributed by atoms with Gasteiger partial charge in [0.05, 0.1) is 5.02 Å². The molecule has 0 atom stereocenters. The molecule has 0 bridgehead atoms. The minimum absolute atomic E-state index is 0.0616. The molecule has 0 aliphatic heterocycles. The Balaban J connectivity index is 2.17. The van der Waals surface area contributed by atoms with Gasteiger partial charge >= 0.3 is 6.01 Å². The molecule has 0 saturated carbocycles. The summed E-state index contributed by atoms with van der Waals surface area (Å²) < 4.78 is 5.50. The van der Waals surface area contributed by atoms with E-state index in [1.54, 1.807) is 25.1 Å². The predicted octanol–water partition coefficient (Wildman–Crippen LogP) is 3.05. The number of anilines is 1. The van der Waals surface area contributed by atoms with E-state index in [-0.39, 0.29) is 11.9 Å². The van der Waals surface area contributed by atoms with E-state index in [0.29, 0.717) is 16.4 Å². The summed E-state index contributed by atoms with van der Waals surface area (Å²) in [6.07, 6.45) is 0. The van der Waals surface area contributed by atoms with Gasteiger partial charge in [-0.2, -0.15) is 4.98 Å². The lowest BCUT2D eigenvalue weighted by Crippen LogP contribution is -2.12. The highest BCUT2D eigenvalue weighted by Crippen LogP contribution is 2.23. The number of carbonyl (C=O) groups excluding carboxylic acids is 1. The molecule has 0 aliphatic carbocycles.